The standard InChI is InChI=1S/C10H16N4O3S/c1-14-6-7(5-11-14)12-10(17)13-8(9(15)16)3-4-18-2/h5-6,8H,3-4H2,1-2H3,(H,15,16)(H2,12,13,17)/t8-/m1/s1. The highest BCUT2D eigenvalue weighted by molar-refractivity contribution is 7.98. The SMILES string of the molecule is CSCC[C@@H](NC(=O)Nc1cnn(C)c1)C(=O)O. The Morgan fingerprint density at radius 2 is 2.33 bits per heavy atom. The molecular weight excluding hydrogens is 256 g/mol. The molecule has 0 fully saturated rings. The van der Waals surface area contributed by atoms with Crippen LogP contribution >= 0.6 is 11.8 Å². The molecular formula is C10H16N4O3S. The van der Waals surface area contributed by atoms with Gasteiger partial charge in [-0.15, -0.1) is 0 Å². The topological polar surface area (TPSA) is 96.3 Å². The van der Waals surface area contributed by atoms with Gasteiger partial charge in [-0.05, 0) is 18.4 Å². The molecule has 0 aromatic carbocycles. The van der Waals surface area contributed by atoms with Crippen molar-refractivity contribution >= 4 is 29.4 Å². The summed E-state index contributed by atoms with van der Waals surface area (Å²) in [5.74, 6) is -0.366. The lowest BCUT2D eigenvalue weighted by atomic mass is 10.2. The lowest BCUT2D eigenvalue weighted by molar-refractivity contribution is -0.139. The number of carbonyl (C=O) groups excluding carboxylic acids is 1. The lowest BCUT2D eigenvalue weighted by Gasteiger charge is -2.13. The molecule has 0 aliphatic carbocycles. The number of aryl methyl sites for hydroxylation is 1. The minimum atomic E-state index is -1.04. The number of hydrogen-bond donors (Lipinski definition) is 3. The summed E-state index contributed by atoms with van der Waals surface area (Å²) in [7, 11) is 1.72. The smallest absolute Gasteiger partial charge is 0.326 e. The molecule has 0 radical (unpaired) electrons. The highest BCUT2D eigenvalue weighted by atomic mass is 32.2. The number of carbonyl (C=O) groups is 2. The summed E-state index contributed by atoms with van der Waals surface area (Å²) >= 11 is 1.53. The molecule has 2 amide bonds. The first kappa shape index (κ1) is 14.4. The number of rotatable bonds is 6. The zero-order valence-corrected chi connectivity index (χ0v) is 11.0. The molecule has 0 bridgehead atoms. The van der Waals surface area contributed by atoms with E-state index in [1.54, 1.807) is 13.2 Å². The van der Waals surface area contributed by atoms with Crippen LogP contribution in [-0.2, 0) is 11.8 Å². The Kier molecular flexibility index (Phi) is 5.50. The summed E-state index contributed by atoms with van der Waals surface area (Å²) in [5.41, 5.74) is 0.518. The molecule has 1 aromatic heterocycles. The van der Waals surface area contributed by atoms with Crippen LogP contribution in [0.25, 0.3) is 0 Å². The van der Waals surface area contributed by atoms with Crippen molar-refractivity contribution in [3.05, 3.63) is 12.4 Å². The van der Waals surface area contributed by atoms with Crippen LogP contribution in [0.5, 0.6) is 0 Å². The van der Waals surface area contributed by atoms with E-state index in [4.69, 9.17) is 5.11 Å². The molecule has 0 spiro atoms. The third kappa shape index (κ3) is 4.66. The van der Waals surface area contributed by atoms with Crippen LogP contribution < -0.4 is 10.6 Å². The van der Waals surface area contributed by atoms with Crippen molar-refractivity contribution in [1.82, 2.24) is 15.1 Å². The fraction of sp³-hybridized carbons (Fsp3) is 0.500. The number of urea groups is 1. The maximum atomic E-state index is 11.6. The van der Waals surface area contributed by atoms with Gasteiger partial charge in [-0.2, -0.15) is 16.9 Å². The number of carboxylic acid groups (broad SMARTS) is 1. The quantitative estimate of drug-likeness (QED) is 0.710. The number of amides is 2. The molecule has 7 nitrogen and oxygen atoms in total. The van der Waals surface area contributed by atoms with E-state index in [0.29, 0.717) is 17.9 Å². The summed E-state index contributed by atoms with van der Waals surface area (Å²) in [6, 6.07) is -1.43. The van der Waals surface area contributed by atoms with E-state index >= 15 is 0 Å². The molecule has 1 heterocycles. The Morgan fingerprint density at radius 3 is 2.83 bits per heavy atom. The average molecular weight is 272 g/mol. The van der Waals surface area contributed by atoms with E-state index in [2.05, 4.69) is 15.7 Å². The monoisotopic (exact) mass is 272 g/mol. The number of aromatic nitrogens is 2. The highest BCUT2D eigenvalue weighted by Crippen LogP contribution is 2.04. The average Bonchev–Trinajstić information content (AvgIpc) is 2.69. The molecule has 0 aliphatic heterocycles. The fourth-order valence-corrected chi connectivity index (χ4v) is 1.78. The van der Waals surface area contributed by atoms with Gasteiger partial charge in [-0.3, -0.25) is 4.68 Å². The van der Waals surface area contributed by atoms with Crippen LogP contribution in [0.15, 0.2) is 12.4 Å². The summed E-state index contributed by atoms with van der Waals surface area (Å²) in [4.78, 5) is 22.5. The summed E-state index contributed by atoms with van der Waals surface area (Å²) in [6.07, 6.45) is 5.38. The van der Waals surface area contributed by atoms with Crippen LogP contribution in [0.1, 0.15) is 6.42 Å². The summed E-state index contributed by atoms with van der Waals surface area (Å²) < 4.78 is 1.54. The van der Waals surface area contributed by atoms with Gasteiger partial charge < -0.3 is 15.7 Å². The lowest BCUT2D eigenvalue weighted by Crippen LogP contribution is -2.43. The Labute approximate surface area is 109 Å². The number of anilines is 1. The number of thioether (sulfide) groups is 1. The fourth-order valence-electron chi connectivity index (χ4n) is 1.30. The van der Waals surface area contributed by atoms with Crippen molar-refractivity contribution in [1.29, 1.82) is 0 Å². The normalized spacial score (nSPS) is 11.9. The molecule has 0 saturated carbocycles. The van der Waals surface area contributed by atoms with Crippen LogP contribution in [0, 0.1) is 0 Å². The van der Waals surface area contributed by atoms with Crippen molar-refractivity contribution in [2.24, 2.45) is 7.05 Å². The number of carboxylic acids is 1. The van der Waals surface area contributed by atoms with E-state index in [0.717, 1.165) is 0 Å². The van der Waals surface area contributed by atoms with Gasteiger partial charge in [0.05, 0.1) is 11.9 Å². The van der Waals surface area contributed by atoms with Gasteiger partial charge in [0.2, 0.25) is 0 Å². The predicted octanol–water partition coefficient (Wildman–Crippen LogP) is 0.748. The molecule has 0 saturated heterocycles. The van der Waals surface area contributed by atoms with E-state index < -0.39 is 18.0 Å². The van der Waals surface area contributed by atoms with Gasteiger partial charge in [-0.1, -0.05) is 0 Å². The third-order valence-electron chi connectivity index (χ3n) is 2.18. The van der Waals surface area contributed by atoms with Crippen molar-refractivity contribution in [2.75, 3.05) is 17.3 Å². The molecule has 1 rings (SSSR count). The molecule has 0 unspecified atom stereocenters. The van der Waals surface area contributed by atoms with Gasteiger partial charge in [0.15, 0.2) is 0 Å². The predicted molar refractivity (Wildman–Crippen MR) is 69.8 cm³/mol. The second-order valence-corrected chi connectivity index (χ2v) is 4.66. The van der Waals surface area contributed by atoms with Gasteiger partial charge >= 0.3 is 12.0 Å². The van der Waals surface area contributed by atoms with Gasteiger partial charge in [0.25, 0.3) is 0 Å². The summed E-state index contributed by atoms with van der Waals surface area (Å²) in [5, 5.41) is 17.8. The summed E-state index contributed by atoms with van der Waals surface area (Å²) in [6.45, 7) is 0. The minimum Gasteiger partial charge on any atom is -0.480 e. The van der Waals surface area contributed by atoms with Crippen molar-refractivity contribution in [3.8, 4) is 0 Å². The maximum Gasteiger partial charge on any atom is 0.326 e. The van der Waals surface area contributed by atoms with Crippen molar-refractivity contribution in [3.63, 3.8) is 0 Å². The zero-order valence-electron chi connectivity index (χ0n) is 10.2. The minimum absolute atomic E-state index is 0.386. The first-order chi connectivity index (χ1) is 8.52. The van der Waals surface area contributed by atoms with Crippen LogP contribution in [0.4, 0.5) is 10.5 Å². The van der Waals surface area contributed by atoms with Gasteiger partial charge in [-0.25, -0.2) is 9.59 Å². The third-order valence-corrected chi connectivity index (χ3v) is 2.82. The second kappa shape index (κ2) is 6.90. The van der Waals surface area contributed by atoms with E-state index in [1.165, 1.54) is 22.6 Å². The van der Waals surface area contributed by atoms with Crippen LogP contribution in [-0.4, -0.2) is 44.9 Å². The Balaban J connectivity index is 2.48. The molecule has 100 valence electrons. The van der Waals surface area contributed by atoms with Gasteiger partial charge in [0.1, 0.15) is 6.04 Å². The van der Waals surface area contributed by atoms with Gasteiger partial charge in [0, 0.05) is 13.2 Å². The van der Waals surface area contributed by atoms with Crippen LogP contribution in [0.2, 0.25) is 0 Å². The van der Waals surface area contributed by atoms with E-state index in [1.807, 2.05) is 6.26 Å². The molecule has 18 heavy (non-hydrogen) atoms. The maximum absolute atomic E-state index is 11.6. The van der Waals surface area contributed by atoms with E-state index in [-0.39, 0.29) is 0 Å². The van der Waals surface area contributed by atoms with Crippen molar-refractivity contribution < 1.29 is 14.7 Å². The first-order valence-electron chi connectivity index (χ1n) is 5.31. The van der Waals surface area contributed by atoms with E-state index in [9.17, 15) is 9.59 Å². The molecule has 0 aliphatic rings. The zero-order chi connectivity index (χ0) is 13.5. The molecule has 8 heteroatoms. The highest BCUT2D eigenvalue weighted by Gasteiger charge is 2.19. The van der Waals surface area contributed by atoms with Crippen molar-refractivity contribution in [2.45, 2.75) is 12.5 Å². The molecule has 3 N–H and O–H groups in total. The first-order valence-corrected chi connectivity index (χ1v) is 6.70. The number of nitrogens with zero attached hydrogens (tertiary/aromatic N) is 2. The molecule has 1 atom stereocenters. The Hall–Kier alpha value is -1.70. The largest absolute Gasteiger partial charge is 0.480 e. The Morgan fingerprint density at radius 1 is 1.61 bits per heavy atom. The number of nitrogens with one attached hydrogen (secondary N) is 2. The van der Waals surface area contributed by atoms with Crippen LogP contribution in [0.3, 0.4) is 0 Å². The number of hydrogen-bond acceptors (Lipinski definition) is 4. The second-order valence-electron chi connectivity index (χ2n) is 3.67. The molecule has 1 aromatic rings. The Bertz CT molecular complexity index is 421. The number of aliphatic carboxylic acids is 1.